The van der Waals surface area contributed by atoms with Crippen LogP contribution in [0.15, 0.2) is 0 Å². The highest BCUT2D eigenvalue weighted by Crippen LogP contribution is 2.14. The van der Waals surface area contributed by atoms with Crippen molar-refractivity contribution >= 4 is 5.91 Å². The lowest BCUT2D eigenvalue weighted by Gasteiger charge is -2.40. The van der Waals surface area contributed by atoms with E-state index in [-0.39, 0.29) is 5.91 Å². The molecule has 0 spiro atoms. The van der Waals surface area contributed by atoms with Crippen molar-refractivity contribution in [1.29, 1.82) is 0 Å². The second-order valence-corrected chi connectivity index (χ2v) is 4.97. The number of hydrogen-bond donors (Lipinski definition) is 2. The average molecular weight is 240 g/mol. The molecule has 2 heterocycles. The van der Waals surface area contributed by atoms with E-state index in [9.17, 15) is 4.79 Å². The molecule has 2 aliphatic rings. The normalized spacial score (nSPS) is 24.8. The first kappa shape index (κ1) is 12.8. The molecule has 2 saturated heterocycles. The smallest absolute Gasteiger partial charge is 0.233 e. The molecule has 98 valence electrons. The van der Waals surface area contributed by atoms with Gasteiger partial charge in [0.1, 0.15) is 0 Å². The minimum Gasteiger partial charge on any atom is -0.358 e. The van der Waals surface area contributed by atoms with E-state index >= 15 is 0 Å². The van der Waals surface area contributed by atoms with Crippen LogP contribution < -0.4 is 10.6 Å². The summed E-state index contributed by atoms with van der Waals surface area (Å²) in [4.78, 5) is 16.1. The number of nitrogens with one attached hydrogen (secondary N) is 2. The lowest BCUT2D eigenvalue weighted by Crippen LogP contribution is -2.54. The molecule has 5 nitrogen and oxygen atoms in total. The molecule has 1 amide bonds. The molecule has 2 fully saturated rings. The van der Waals surface area contributed by atoms with Crippen molar-refractivity contribution in [1.82, 2.24) is 20.4 Å². The number of amides is 1. The lowest BCUT2D eigenvalue weighted by atomic mass is 10.0. The van der Waals surface area contributed by atoms with Crippen molar-refractivity contribution < 1.29 is 4.79 Å². The Morgan fingerprint density at radius 3 is 2.47 bits per heavy atom. The Bertz CT molecular complexity index is 245. The molecule has 0 saturated carbocycles. The van der Waals surface area contributed by atoms with Crippen LogP contribution in [0, 0.1) is 0 Å². The fraction of sp³-hybridized carbons (Fsp3) is 0.917. The molecule has 0 bridgehead atoms. The van der Waals surface area contributed by atoms with Gasteiger partial charge in [0.15, 0.2) is 0 Å². The Labute approximate surface area is 104 Å². The summed E-state index contributed by atoms with van der Waals surface area (Å²) in [5, 5.41) is 6.09. The number of piperidine rings is 1. The highest BCUT2D eigenvalue weighted by Gasteiger charge is 2.25. The lowest BCUT2D eigenvalue weighted by molar-refractivity contribution is -0.122. The third kappa shape index (κ3) is 3.66. The van der Waals surface area contributed by atoms with Gasteiger partial charge in [0, 0.05) is 39.3 Å². The molecule has 0 atom stereocenters. The summed E-state index contributed by atoms with van der Waals surface area (Å²) in [5.74, 6) is 0.125. The topological polar surface area (TPSA) is 47.6 Å². The van der Waals surface area contributed by atoms with Crippen molar-refractivity contribution in [2.24, 2.45) is 0 Å². The molecule has 5 heteroatoms. The van der Waals surface area contributed by atoms with E-state index in [1.807, 2.05) is 0 Å². The number of carbonyl (C=O) groups excluding carboxylic acids is 1. The van der Waals surface area contributed by atoms with Crippen LogP contribution in [0.5, 0.6) is 0 Å². The van der Waals surface area contributed by atoms with Crippen LogP contribution in [-0.4, -0.2) is 74.6 Å². The van der Waals surface area contributed by atoms with Crippen molar-refractivity contribution in [2.75, 3.05) is 52.9 Å². The zero-order valence-electron chi connectivity index (χ0n) is 10.7. The first-order valence-electron chi connectivity index (χ1n) is 6.67. The van der Waals surface area contributed by atoms with Crippen LogP contribution in [0.25, 0.3) is 0 Å². The Hall–Kier alpha value is -0.650. The predicted octanol–water partition coefficient (Wildman–Crippen LogP) is -0.898. The Morgan fingerprint density at radius 2 is 1.88 bits per heavy atom. The van der Waals surface area contributed by atoms with Gasteiger partial charge < -0.3 is 10.6 Å². The molecule has 2 rings (SSSR count). The molecule has 17 heavy (non-hydrogen) atoms. The quantitative estimate of drug-likeness (QED) is 0.671. The van der Waals surface area contributed by atoms with Gasteiger partial charge in [-0.05, 0) is 25.9 Å². The van der Waals surface area contributed by atoms with E-state index in [1.165, 1.54) is 12.8 Å². The monoisotopic (exact) mass is 240 g/mol. The number of carbonyl (C=O) groups is 1. The van der Waals surface area contributed by atoms with Gasteiger partial charge in [-0.15, -0.1) is 0 Å². The highest BCUT2D eigenvalue weighted by molar-refractivity contribution is 5.77. The largest absolute Gasteiger partial charge is 0.358 e. The van der Waals surface area contributed by atoms with Gasteiger partial charge in [-0.25, -0.2) is 0 Å². The maximum Gasteiger partial charge on any atom is 0.233 e. The number of nitrogens with zero attached hydrogens (tertiary/aromatic N) is 2. The van der Waals surface area contributed by atoms with Crippen LogP contribution in [0.2, 0.25) is 0 Å². The summed E-state index contributed by atoms with van der Waals surface area (Å²) in [6.45, 7) is 7.14. The Kier molecular flexibility index (Phi) is 4.76. The third-order valence-corrected chi connectivity index (χ3v) is 3.88. The average Bonchev–Trinajstić information content (AvgIpc) is 2.40. The SMILES string of the molecule is CNC(=O)CN1CCN(C2CCNCC2)CC1. The number of piperazine rings is 1. The van der Waals surface area contributed by atoms with Crippen LogP contribution in [0.1, 0.15) is 12.8 Å². The van der Waals surface area contributed by atoms with E-state index in [1.54, 1.807) is 7.05 Å². The third-order valence-electron chi connectivity index (χ3n) is 3.88. The summed E-state index contributed by atoms with van der Waals surface area (Å²) in [5.41, 5.74) is 0. The molecule has 2 aliphatic heterocycles. The summed E-state index contributed by atoms with van der Waals surface area (Å²) in [6, 6.07) is 0.762. The summed E-state index contributed by atoms with van der Waals surface area (Å²) in [6.07, 6.45) is 2.55. The van der Waals surface area contributed by atoms with Gasteiger partial charge in [-0.3, -0.25) is 14.6 Å². The second kappa shape index (κ2) is 6.33. The van der Waals surface area contributed by atoms with Crippen LogP contribution in [0.3, 0.4) is 0 Å². The van der Waals surface area contributed by atoms with E-state index in [0.29, 0.717) is 6.54 Å². The van der Waals surface area contributed by atoms with E-state index in [4.69, 9.17) is 0 Å². The molecule has 0 aromatic heterocycles. The van der Waals surface area contributed by atoms with Gasteiger partial charge in [0.25, 0.3) is 0 Å². The van der Waals surface area contributed by atoms with Gasteiger partial charge in [-0.1, -0.05) is 0 Å². The van der Waals surface area contributed by atoms with Gasteiger partial charge in [-0.2, -0.15) is 0 Å². The maximum atomic E-state index is 11.3. The molecule has 2 N–H and O–H groups in total. The molecule has 0 aromatic rings. The Morgan fingerprint density at radius 1 is 1.24 bits per heavy atom. The molecular formula is C12H24N4O. The molecule has 0 aromatic carbocycles. The minimum atomic E-state index is 0.125. The predicted molar refractivity (Wildman–Crippen MR) is 68.0 cm³/mol. The van der Waals surface area contributed by atoms with Crippen molar-refractivity contribution in [3.8, 4) is 0 Å². The van der Waals surface area contributed by atoms with E-state index in [2.05, 4.69) is 20.4 Å². The number of likely N-dealkylation sites (N-methyl/N-ethyl adjacent to an activating group) is 1. The van der Waals surface area contributed by atoms with Crippen LogP contribution >= 0.6 is 0 Å². The molecule has 0 aliphatic carbocycles. The summed E-state index contributed by atoms with van der Waals surface area (Å²) in [7, 11) is 1.70. The van der Waals surface area contributed by atoms with E-state index < -0.39 is 0 Å². The second-order valence-electron chi connectivity index (χ2n) is 4.97. The molecular weight excluding hydrogens is 216 g/mol. The number of hydrogen-bond acceptors (Lipinski definition) is 4. The van der Waals surface area contributed by atoms with Gasteiger partial charge in [0.2, 0.25) is 5.91 Å². The van der Waals surface area contributed by atoms with Crippen molar-refractivity contribution in [2.45, 2.75) is 18.9 Å². The first-order valence-corrected chi connectivity index (χ1v) is 6.67. The maximum absolute atomic E-state index is 11.3. The fourth-order valence-electron chi connectivity index (χ4n) is 2.74. The first-order chi connectivity index (χ1) is 8.29. The number of rotatable bonds is 3. The Balaban J connectivity index is 1.71. The van der Waals surface area contributed by atoms with Crippen LogP contribution in [0.4, 0.5) is 0 Å². The van der Waals surface area contributed by atoms with Crippen LogP contribution in [-0.2, 0) is 4.79 Å². The zero-order valence-corrected chi connectivity index (χ0v) is 10.7. The fourth-order valence-corrected chi connectivity index (χ4v) is 2.74. The van der Waals surface area contributed by atoms with E-state index in [0.717, 1.165) is 45.3 Å². The minimum absolute atomic E-state index is 0.125. The molecule has 0 unspecified atom stereocenters. The summed E-state index contributed by atoms with van der Waals surface area (Å²) >= 11 is 0. The zero-order chi connectivity index (χ0) is 12.1. The van der Waals surface area contributed by atoms with Crippen molar-refractivity contribution in [3.05, 3.63) is 0 Å². The summed E-state index contributed by atoms with van der Waals surface area (Å²) < 4.78 is 0. The van der Waals surface area contributed by atoms with Gasteiger partial charge >= 0.3 is 0 Å². The molecule has 0 radical (unpaired) electrons. The van der Waals surface area contributed by atoms with Gasteiger partial charge in [0.05, 0.1) is 6.54 Å². The highest BCUT2D eigenvalue weighted by atomic mass is 16.1. The van der Waals surface area contributed by atoms with Crippen molar-refractivity contribution in [3.63, 3.8) is 0 Å². The standard InChI is InChI=1S/C12H24N4O/c1-13-12(17)10-15-6-8-16(9-7-15)11-2-4-14-5-3-11/h11,14H,2-10H2,1H3,(H,13,17).